The van der Waals surface area contributed by atoms with E-state index >= 15 is 0 Å². The van der Waals surface area contributed by atoms with Crippen LogP contribution in [-0.4, -0.2) is 38.1 Å². The van der Waals surface area contributed by atoms with Gasteiger partial charge in [0.25, 0.3) is 11.7 Å². The van der Waals surface area contributed by atoms with Crippen LogP contribution in [0.2, 0.25) is 0 Å². The summed E-state index contributed by atoms with van der Waals surface area (Å²) in [5.74, 6) is -0.271. The molecule has 9 nitrogen and oxygen atoms in total. The monoisotopic (exact) mass is 396 g/mol. The molecule has 2 heterocycles. The number of carbonyl (C=O) groups is 2. The predicted molar refractivity (Wildman–Crippen MR) is 108 cm³/mol. The van der Waals surface area contributed by atoms with E-state index in [1.165, 1.54) is 0 Å². The molecular formula is C20H24N6O3. The lowest BCUT2D eigenvalue weighted by Crippen LogP contribution is -2.21. The summed E-state index contributed by atoms with van der Waals surface area (Å²) in [6, 6.07) is 5.73. The first kappa shape index (κ1) is 20.2. The maximum atomic E-state index is 12.1. The van der Waals surface area contributed by atoms with E-state index in [2.05, 4.69) is 20.4 Å². The van der Waals surface area contributed by atoms with E-state index in [-0.39, 0.29) is 24.9 Å². The quantitative estimate of drug-likeness (QED) is 0.611. The molecule has 3 rings (SSSR count). The number of nitrogens with one attached hydrogen (secondary N) is 1. The smallest absolute Gasteiger partial charge is 0.306 e. The third kappa shape index (κ3) is 4.87. The Morgan fingerprint density at radius 3 is 2.48 bits per heavy atom. The molecule has 29 heavy (non-hydrogen) atoms. The summed E-state index contributed by atoms with van der Waals surface area (Å²) in [5, 5.41) is 6.84. The molecule has 1 amide bonds. The molecule has 9 heteroatoms. The normalized spacial score (nSPS) is 10.9. The van der Waals surface area contributed by atoms with Gasteiger partial charge in [-0.1, -0.05) is 6.07 Å². The van der Waals surface area contributed by atoms with Crippen molar-refractivity contribution in [1.82, 2.24) is 19.6 Å². The Morgan fingerprint density at radius 1 is 1.10 bits per heavy atom. The molecule has 0 aliphatic rings. The number of carbonyl (C=O) groups excluding carboxylic acids is 2. The predicted octanol–water partition coefficient (Wildman–Crippen LogP) is 2.05. The van der Waals surface area contributed by atoms with Crippen LogP contribution in [0.1, 0.15) is 34.5 Å². The SMILES string of the molecule is Cc1cc(C)cc(NC(=O)COC(=O)CCc2c(C)nc3nc(N)nn3c2C)c1. The number of rotatable bonds is 6. The molecule has 0 atom stereocenters. The first-order valence-corrected chi connectivity index (χ1v) is 9.25. The summed E-state index contributed by atoms with van der Waals surface area (Å²) in [4.78, 5) is 32.5. The Morgan fingerprint density at radius 2 is 1.79 bits per heavy atom. The number of ether oxygens (including phenoxy) is 1. The average Bonchev–Trinajstić information content (AvgIpc) is 2.99. The Kier molecular flexibility index (Phi) is 5.76. The van der Waals surface area contributed by atoms with Gasteiger partial charge in [0.2, 0.25) is 5.95 Å². The molecule has 3 N–H and O–H groups in total. The number of nitrogens with zero attached hydrogens (tertiary/aromatic N) is 4. The Hall–Kier alpha value is -3.49. The molecule has 2 aromatic heterocycles. The van der Waals surface area contributed by atoms with Crippen molar-refractivity contribution in [3.05, 3.63) is 46.3 Å². The molecule has 0 aliphatic heterocycles. The Labute approximate surface area is 168 Å². The zero-order chi connectivity index (χ0) is 21.1. The summed E-state index contributed by atoms with van der Waals surface area (Å²) in [6.07, 6.45) is 0.535. The summed E-state index contributed by atoms with van der Waals surface area (Å²) < 4.78 is 6.66. The number of fused-ring (bicyclic) bond motifs is 1. The lowest BCUT2D eigenvalue weighted by Gasteiger charge is -2.11. The van der Waals surface area contributed by atoms with Crippen molar-refractivity contribution in [3.8, 4) is 0 Å². The third-order valence-corrected chi connectivity index (χ3v) is 4.51. The van der Waals surface area contributed by atoms with E-state index in [4.69, 9.17) is 10.5 Å². The van der Waals surface area contributed by atoms with E-state index < -0.39 is 5.97 Å². The van der Waals surface area contributed by atoms with Crippen molar-refractivity contribution in [1.29, 1.82) is 0 Å². The minimum atomic E-state index is -0.461. The van der Waals surface area contributed by atoms with Crippen LogP contribution in [0.15, 0.2) is 18.2 Å². The number of amides is 1. The third-order valence-electron chi connectivity index (χ3n) is 4.51. The molecule has 0 unspecified atom stereocenters. The minimum absolute atomic E-state index is 0.121. The molecule has 0 bridgehead atoms. The van der Waals surface area contributed by atoms with Gasteiger partial charge in [0.15, 0.2) is 6.61 Å². The first-order chi connectivity index (χ1) is 13.7. The number of aromatic nitrogens is 4. The van der Waals surface area contributed by atoms with E-state index in [1.54, 1.807) is 4.52 Å². The van der Waals surface area contributed by atoms with Crippen molar-refractivity contribution in [3.63, 3.8) is 0 Å². The summed E-state index contributed by atoms with van der Waals surface area (Å²) in [7, 11) is 0. The molecule has 0 saturated carbocycles. The van der Waals surface area contributed by atoms with E-state index in [0.29, 0.717) is 17.9 Å². The lowest BCUT2D eigenvalue weighted by atomic mass is 10.1. The highest BCUT2D eigenvalue weighted by Gasteiger charge is 2.15. The molecular weight excluding hydrogens is 372 g/mol. The van der Waals surface area contributed by atoms with Crippen LogP contribution in [-0.2, 0) is 20.7 Å². The van der Waals surface area contributed by atoms with Crippen LogP contribution in [0.4, 0.5) is 11.6 Å². The second kappa shape index (κ2) is 8.26. The Bertz CT molecular complexity index is 1070. The lowest BCUT2D eigenvalue weighted by molar-refractivity contribution is -0.147. The highest BCUT2D eigenvalue weighted by molar-refractivity contribution is 5.93. The number of nitrogen functional groups attached to an aromatic ring is 1. The van der Waals surface area contributed by atoms with Crippen molar-refractivity contribution < 1.29 is 14.3 Å². The van der Waals surface area contributed by atoms with Gasteiger partial charge in [-0.3, -0.25) is 9.59 Å². The van der Waals surface area contributed by atoms with Crippen molar-refractivity contribution in [2.45, 2.75) is 40.5 Å². The number of benzene rings is 1. The number of anilines is 2. The van der Waals surface area contributed by atoms with Crippen molar-refractivity contribution in [2.24, 2.45) is 0 Å². The van der Waals surface area contributed by atoms with Crippen molar-refractivity contribution in [2.75, 3.05) is 17.7 Å². The standard InChI is InChI=1S/C20H24N6O3/c1-11-7-12(2)9-15(8-11)23-17(27)10-29-18(28)6-5-16-13(3)22-20-24-19(21)25-26(20)14(16)4/h7-9H,5-6,10H2,1-4H3,(H2,21,25)(H,23,27). The molecule has 1 aromatic carbocycles. The average molecular weight is 396 g/mol. The number of nitrogens with two attached hydrogens (primary N) is 1. The number of hydrogen-bond donors (Lipinski definition) is 2. The molecule has 0 aliphatic carbocycles. The van der Waals surface area contributed by atoms with Crippen LogP contribution in [0, 0.1) is 27.7 Å². The molecule has 0 spiro atoms. The largest absolute Gasteiger partial charge is 0.456 e. The van der Waals surface area contributed by atoms with Gasteiger partial charge < -0.3 is 15.8 Å². The highest BCUT2D eigenvalue weighted by atomic mass is 16.5. The summed E-state index contributed by atoms with van der Waals surface area (Å²) in [6.45, 7) is 7.28. The van der Waals surface area contributed by atoms with Crippen molar-refractivity contribution >= 4 is 29.3 Å². The zero-order valence-corrected chi connectivity index (χ0v) is 16.9. The maximum absolute atomic E-state index is 12.1. The van der Waals surface area contributed by atoms with Gasteiger partial charge >= 0.3 is 5.97 Å². The van der Waals surface area contributed by atoms with Gasteiger partial charge in [0.05, 0.1) is 0 Å². The first-order valence-electron chi connectivity index (χ1n) is 9.25. The van der Waals surface area contributed by atoms with Crippen LogP contribution < -0.4 is 11.1 Å². The second-order valence-corrected chi connectivity index (χ2v) is 7.03. The molecule has 152 valence electrons. The zero-order valence-electron chi connectivity index (χ0n) is 16.9. The van der Waals surface area contributed by atoms with Gasteiger partial charge in [-0.2, -0.15) is 9.50 Å². The van der Waals surface area contributed by atoms with Crippen LogP contribution in [0.3, 0.4) is 0 Å². The highest BCUT2D eigenvalue weighted by Crippen LogP contribution is 2.16. The molecule has 3 aromatic rings. The van der Waals surface area contributed by atoms with Gasteiger partial charge in [-0.15, -0.1) is 5.10 Å². The van der Waals surface area contributed by atoms with E-state index in [9.17, 15) is 9.59 Å². The van der Waals surface area contributed by atoms with Crippen LogP contribution in [0.5, 0.6) is 0 Å². The van der Waals surface area contributed by atoms with Gasteiger partial charge in [0.1, 0.15) is 0 Å². The fourth-order valence-corrected chi connectivity index (χ4v) is 3.27. The van der Waals surface area contributed by atoms with Gasteiger partial charge in [0, 0.05) is 23.5 Å². The fraction of sp³-hybridized carbons (Fsp3) is 0.350. The maximum Gasteiger partial charge on any atom is 0.306 e. The number of hydrogen-bond acceptors (Lipinski definition) is 7. The second-order valence-electron chi connectivity index (χ2n) is 7.03. The van der Waals surface area contributed by atoms with Crippen LogP contribution in [0.25, 0.3) is 5.78 Å². The topological polar surface area (TPSA) is 124 Å². The number of aryl methyl sites for hydroxylation is 4. The molecule has 0 fully saturated rings. The summed E-state index contributed by atoms with van der Waals surface area (Å²) in [5.41, 5.74) is 10.8. The fourth-order valence-electron chi connectivity index (χ4n) is 3.27. The van der Waals surface area contributed by atoms with E-state index in [0.717, 1.165) is 28.1 Å². The number of esters is 1. The van der Waals surface area contributed by atoms with Crippen LogP contribution >= 0.6 is 0 Å². The van der Waals surface area contributed by atoms with E-state index in [1.807, 2.05) is 45.9 Å². The van der Waals surface area contributed by atoms with Gasteiger partial charge in [-0.25, -0.2) is 4.98 Å². The molecule has 0 radical (unpaired) electrons. The minimum Gasteiger partial charge on any atom is -0.456 e. The van der Waals surface area contributed by atoms with Gasteiger partial charge in [-0.05, 0) is 62.9 Å². The molecule has 0 saturated heterocycles. The summed E-state index contributed by atoms with van der Waals surface area (Å²) >= 11 is 0. The Balaban J connectivity index is 1.55.